The Balaban J connectivity index is 0.00000247. The van der Waals surface area contributed by atoms with Crippen LogP contribution in [0.2, 0.25) is 0 Å². The fourth-order valence-corrected chi connectivity index (χ4v) is 5.78. The Hall–Kier alpha value is -2.48. The summed E-state index contributed by atoms with van der Waals surface area (Å²) >= 11 is 0. The average molecular weight is 517 g/mol. The second kappa shape index (κ2) is 17.9. The summed E-state index contributed by atoms with van der Waals surface area (Å²) in [6, 6.07) is 6.66. The zero-order valence-corrected chi connectivity index (χ0v) is 25.3. The molecule has 0 aromatic heterocycles. The molecular formula is C36H56N2. The first-order chi connectivity index (χ1) is 18.5. The second-order valence-corrected chi connectivity index (χ2v) is 11.0. The van der Waals surface area contributed by atoms with Gasteiger partial charge >= 0.3 is 0 Å². The molecule has 2 aliphatic rings. The summed E-state index contributed by atoms with van der Waals surface area (Å²) < 4.78 is 0. The summed E-state index contributed by atoms with van der Waals surface area (Å²) in [7, 11) is 0. The van der Waals surface area contributed by atoms with Gasteiger partial charge in [0.05, 0.1) is 0 Å². The summed E-state index contributed by atoms with van der Waals surface area (Å²) in [5.74, 6) is 1.97. The van der Waals surface area contributed by atoms with Crippen LogP contribution in [-0.2, 0) is 0 Å². The van der Waals surface area contributed by atoms with Crippen LogP contribution >= 0.6 is 0 Å². The topological polar surface area (TPSA) is 24.1 Å². The third-order valence-electron chi connectivity index (χ3n) is 8.14. The highest BCUT2D eigenvalue weighted by atomic mass is 14.9. The Morgan fingerprint density at radius 3 is 2.29 bits per heavy atom. The third kappa shape index (κ3) is 10.7. The molecule has 2 nitrogen and oxygen atoms in total. The molecule has 0 radical (unpaired) electrons. The lowest BCUT2D eigenvalue weighted by molar-refractivity contribution is 0.284. The van der Waals surface area contributed by atoms with Gasteiger partial charge in [-0.05, 0) is 73.3 Å². The van der Waals surface area contributed by atoms with Crippen LogP contribution in [0.3, 0.4) is 0 Å². The zero-order valence-electron chi connectivity index (χ0n) is 25.3. The van der Waals surface area contributed by atoms with Crippen molar-refractivity contribution >= 4 is 11.8 Å². The molecular weight excluding hydrogens is 460 g/mol. The first kappa shape index (κ1) is 31.7. The van der Waals surface area contributed by atoms with Crippen LogP contribution in [0.5, 0.6) is 0 Å². The van der Waals surface area contributed by atoms with Gasteiger partial charge in [-0.2, -0.15) is 0 Å². The number of anilines is 1. The van der Waals surface area contributed by atoms with Crippen molar-refractivity contribution in [2.45, 2.75) is 105 Å². The molecule has 0 saturated heterocycles. The third-order valence-corrected chi connectivity index (χ3v) is 8.14. The Morgan fingerprint density at radius 1 is 0.921 bits per heavy atom. The van der Waals surface area contributed by atoms with Gasteiger partial charge in [-0.15, -0.1) is 0 Å². The number of nitrogens with one attached hydrogen (secondary N) is 2. The lowest BCUT2D eigenvalue weighted by Crippen LogP contribution is -2.26. The average Bonchev–Trinajstić information content (AvgIpc) is 3.22. The van der Waals surface area contributed by atoms with Crippen LogP contribution in [0.25, 0.3) is 6.08 Å². The van der Waals surface area contributed by atoms with Crippen molar-refractivity contribution in [3.05, 3.63) is 83.8 Å². The van der Waals surface area contributed by atoms with Crippen LogP contribution in [-0.4, -0.2) is 6.54 Å². The summed E-state index contributed by atoms with van der Waals surface area (Å²) in [5, 5.41) is 7.20. The van der Waals surface area contributed by atoms with E-state index >= 15 is 0 Å². The van der Waals surface area contributed by atoms with Crippen LogP contribution in [0.15, 0.2) is 72.6 Å². The molecule has 0 heterocycles. The number of hydrogen-bond acceptors (Lipinski definition) is 2. The molecule has 2 fully saturated rings. The Labute approximate surface area is 235 Å². The summed E-state index contributed by atoms with van der Waals surface area (Å²) in [6.07, 6.45) is 25.5. The number of benzene rings is 1. The van der Waals surface area contributed by atoms with E-state index in [2.05, 4.69) is 93.1 Å². The predicted octanol–water partition coefficient (Wildman–Crippen LogP) is 10.8. The minimum atomic E-state index is 0.600. The van der Waals surface area contributed by atoms with Crippen LogP contribution < -0.4 is 10.6 Å². The minimum absolute atomic E-state index is 0.600. The number of hydrogen-bond donors (Lipinski definition) is 2. The number of allylic oxidation sites excluding steroid dienone is 6. The van der Waals surface area contributed by atoms with Crippen LogP contribution in [0.1, 0.15) is 109 Å². The maximum absolute atomic E-state index is 4.39. The largest absolute Gasteiger partial charge is 0.385 e. The highest BCUT2D eigenvalue weighted by molar-refractivity contribution is 5.64. The molecule has 0 bridgehead atoms. The molecule has 0 amide bonds. The predicted molar refractivity (Wildman–Crippen MR) is 171 cm³/mol. The molecule has 2 aliphatic carbocycles. The van der Waals surface area contributed by atoms with Gasteiger partial charge in [-0.3, -0.25) is 0 Å². The molecule has 2 heteroatoms. The zero-order chi connectivity index (χ0) is 27.8. The SMILES string of the molecule is C=C(Nc1ccc(C)c(/C=C/C(/C=C\CNC(=C)C2CCCCC2C)=C/CC)c1)C1CCCCCC1.CC. The van der Waals surface area contributed by atoms with E-state index in [0.717, 1.165) is 24.6 Å². The van der Waals surface area contributed by atoms with Gasteiger partial charge in [0.1, 0.15) is 0 Å². The maximum atomic E-state index is 4.39. The molecule has 2 saturated carbocycles. The van der Waals surface area contributed by atoms with Crippen molar-refractivity contribution in [3.8, 4) is 0 Å². The highest BCUT2D eigenvalue weighted by Crippen LogP contribution is 2.33. The van der Waals surface area contributed by atoms with Crippen molar-refractivity contribution in [3.63, 3.8) is 0 Å². The molecule has 2 unspecified atom stereocenters. The van der Waals surface area contributed by atoms with Gasteiger partial charge in [0.25, 0.3) is 0 Å². The van der Waals surface area contributed by atoms with E-state index in [1.54, 1.807) is 0 Å². The lowest BCUT2D eigenvalue weighted by atomic mass is 9.79. The van der Waals surface area contributed by atoms with Crippen molar-refractivity contribution in [1.29, 1.82) is 0 Å². The number of aryl methyl sites for hydroxylation is 1. The molecule has 1 aromatic carbocycles. The van der Waals surface area contributed by atoms with E-state index in [1.807, 2.05) is 13.8 Å². The minimum Gasteiger partial charge on any atom is -0.385 e. The van der Waals surface area contributed by atoms with Gasteiger partial charge in [-0.25, -0.2) is 0 Å². The van der Waals surface area contributed by atoms with Crippen molar-refractivity contribution in [1.82, 2.24) is 5.32 Å². The Bertz CT molecular complexity index is 940. The standard InChI is InChI=1S/C34H50N2.C2H6/c1-6-14-30(16-13-24-35-29(5)34-19-12-11-15-27(34)3)21-22-32-25-33(23-20-26(32)2)36-28(4)31-17-9-7-8-10-18-31;1-2/h13-14,16,20-23,25,27,31,34-36H,4-12,15,17-19,24H2,1-3H3;1-2H3/b16-13-,22-21+,30-14+;. The van der Waals surface area contributed by atoms with E-state index in [0.29, 0.717) is 11.8 Å². The van der Waals surface area contributed by atoms with Crippen molar-refractivity contribution in [2.75, 3.05) is 11.9 Å². The van der Waals surface area contributed by atoms with Gasteiger partial charge in [-0.1, -0.05) is 122 Å². The van der Waals surface area contributed by atoms with Gasteiger partial charge in [0.15, 0.2) is 0 Å². The first-order valence-electron chi connectivity index (χ1n) is 15.5. The van der Waals surface area contributed by atoms with E-state index < -0.39 is 0 Å². The van der Waals surface area contributed by atoms with E-state index in [9.17, 15) is 0 Å². The molecule has 0 spiro atoms. The van der Waals surface area contributed by atoms with E-state index in [1.165, 1.54) is 92.3 Å². The molecule has 2 N–H and O–H groups in total. The highest BCUT2D eigenvalue weighted by Gasteiger charge is 2.23. The smallest absolute Gasteiger partial charge is 0.0387 e. The van der Waals surface area contributed by atoms with Crippen LogP contribution in [0, 0.1) is 24.7 Å². The lowest BCUT2D eigenvalue weighted by Gasteiger charge is -2.30. The van der Waals surface area contributed by atoms with Gasteiger partial charge in [0, 0.05) is 29.5 Å². The Morgan fingerprint density at radius 2 is 1.61 bits per heavy atom. The monoisotopic (exact) mass is 516 g/mol. The summed E-state index contributed by atoms with van der Waals surface area (Å²) in [5.41, 5.74) is 7.33. The number of rotatable bonds is 11. The van der Waals surface area contributed by atoms with Crippen molar-refractivity contribution in [2.24, 2.45) is 17.8 Å². The van der Waals surface area contributed by atoms with E-state index in [-0.39, 0.29) is 0 Å². The molecule has 210 valence electrons. The maximum Gasteiger partial charge on any atom is 0.0387 e. The quantitative estimate of drug-likeness (QED) is 0.226. The molecule has 2 atom stereocenters. The molecule has 1 aromatic rings. The Kier molecular flexibility index (Phi) is 15.0. The van der Waals surface area contributed by atoms with Gasteiger partial charge in [0.2, 0.25) is 0 Å². The second-order valence-electron chi connectivity index (χ2n) is 11.0. The van der Waals surface area contributed by atoms with Gasteiger partial charge < -0.3 is 10.6 Å². The molecule has 0 aliphatic heterocycles. The normalized spacial score (nSPS) is 21.0. The first-order valence-corrected chi connectivity index (χ1v) is 15.5. The van der Waals surface area contributed by atoms with E-state index in [4.69, 9.17) is 0 Å². The molecule has 3 rings (SSSR count). The fraction of sp³-hybridized carbons (Fsp3) is 0.556. The fourth-order valence-electron chi connectivity index (χ4n) is 5.78. The molecule has 38 heavy (non-hydrogen) atoms. The summed E-state index contributed by atoms with van der Waals surface area (Å²) in [6.45, 7) is 20.3. The summed E-state index contributed by atoms with van der Waals surface area (Å²) in [4.78, 5) is 0. The van der Waals surface area contributed by atoms with Crippen molar-refractivity contribution < 1.29 is 0 Å². The van der Waals surface area contributed by atoms with Crippen LogP contribution in [0.4, 0.5) is 5.69 Å².